The predicted octanol–water partition coefficient (Wildman–Crippen LogP) is 3.46. The summed E-state index contributed by atoms with van der Waals surface area (Å²) in [6, 6.07) is 11.8. The highest BCUT2D eigenvalue weighted by molar-refractivity contribution is 6.32. The Morgan fingerprint density at radius 1 is 1.17 bits per heavy atom. The zero-order valence-electron chi connectivity index (χ0n) is 15.4. The van der Waals surface area contributed by atoms with Crippen molar-refractivity contribution in [2.45, 2.75) is 0 Å². The summed E-state index contributed by atoms with van der Waals surface area (Å²) in [5.74, 6) is 0.281. The van der Waals surface area contributed by atoms with Crippen LogP contribution in [0.1, 0.15) is 5.56 Å². The summed E-state index contributed by atoms with van der Waals surface area (Å²) in [5, 5.41) is 9.86. The average Bonchev–Trinajstić information content (AvgIpc) is 3.21. The van der Waals surface area contributed by atoms with Crippen molar-refractivity contribution >= 4 is 29.3 Å². The molecule has 1 fully saturated rings. The van der Waals surface area contributed by atoms with Gasteiger partial charge in [-0.05, 0) is 35.9 Å². The van der Waals surface area contributed by atoms with Crippen molar-refractivity contribution in [2.75, 3.05) is 37.9 Å². The Hall–Kier alpha value is -3.24. The quantitative estimate of drug-likeness (QED) is 0.569. The van der Waals surface area contributed by atoms with E-state index in [1.54, 1.807) is 35.2 Å². The number of ether oxygens (including phenoxy) is 2. The van der Waals surface area contributed by atoms with E-state index in [1.165, 1.54) is 12.1 Å². The second-order valence-electron chi connectivity index (χ2n) is 6.64. The summed E-state index contributed by atoms with van der Waals surface area (Å²) in [4.78, 5) is 16.3. The SMILES string of the molecule is N#C/C(=C\c1cc(Cl)c2c(c1)OCO2)C(=O)N1CCN(c2ccccc2F)CC1. The van der Waals surface area contributed by atoms with Crippen molar-refractivity contribution < 1.29 is 18.7 Å². The number of nitriles is 1. The number of para-hydroxylation sites is 1. The van der Waals surface area contributed by atoms with Crippen LogP contribution in [0.2, 0.25) is 5.02 Å². The number of hydrogen-bond donors (Lipinski definition) is 0. The Kier molecular flexibility index (Phi) is 5.28. The molecule has 0 aromatic heterocycles. The zero-order chi connectivity index (χ0) is 20.4. The van der Waals surface area contributed by atoms with E-state index in [2.05, 4.69) is 0 Å². The molecule has 0 aliphatic carbocycles. The van der Waals surface area contributed by atoms with E-state index >= 15 is 0 Å². The van der Waals surface area contributed by atoms with Crippen LogP contribution in [0.3, 0.4) is 0 Å². The molecular formula is C21H17ClFN3O3. The van der Waals surface area contributed by atoms with Crippen molar-refractivity contribution in [3.8, 4) is 17.6 Å². The maximum Gasteiger partial charge on any atom is 0.264 e. The van der Waals surface area contributed by atoms with E-state index in [0.717, 1.165) is 0 Å². The van der Waals surface area contributed by atoms with Gasteiger partial charge < -0.3 is 19.3 Å². The van der Waals surface area contributed by atoms with Gasteiger partial charge in [-0.2, -0.15) is 5.26 Å². The number of rotatable bonds is 3. The monoisotopic (exact) mass is 413 g/mol. The molecule has 0 radical (unpaired) electrons. The zero-order valence-corrected chi connectivity index (χ0v) is 16.2. The number of anilines is 1. The van der Waals surface area contributed by atoms with E-state index in [4.69, 9.17) is 21.1 Å². The fourth-order valence-electron chi connectivity index (χ4n) is 3.41. The molecule has 1 saturated heterocycles. The highest BCUT2D eigenvalue weighted by Crippen LogP contribution is 2.40. The first kappa shape index (κ1) is 19.1. The second-order valence-corrected chi connectivity index (χ2v) is 7.04. The van der Waals surface area contributed by atoms with Crippen LogP contribution >= 0.6 is 11.6 Å². The maximum absolute atomic E-state index is 14.0. The third kappa shape index (κ3) is 3.84. The fraction of sp³-hybridized carbons (Fsp3) is 0.238. The molecule has 2 aliphatic rings. The molecule has 0 bridgehead atoms. The first-order chi connectivity index (χ1) is 14.1. The molecule has 4 rings (SSSR count). The number of piperazine rings is 1. The summed E-state index contributed by atoms with van der Waals surface area (Å²) in [6.45, 7) is 1.85. The first-order valence-corrected chi connectivity index (χ1v) is 9.44. The predicted molar refractivity (Wildman–Crippen MR) is 106 cm³/mol. The van der Waals surface area contributed by atoms with Crippen molar-refractivity contribution in [3.63, 3.8) is 0 Å². The Morgan fingerprint density at radius 2 is 1.93 bits per heavy atom. The number of carbonyl (C=O) groups excluding carboxylic acids is 1. The highest BCUT2D eigenvalue weighted by Gasteiger charge is 2.25. The third-order valence-electron chi connectivity index (χ3n) is 4.87. The summed E-state index contributed by atoms with van der Waals surface area (Å²) in [6.07, 6.45) is 1.49. The van der Waals surface area contributed by atoms with Gasteiger partial charge in [0.15, 0.2) is 11.5 Å². The van der Waals surface area contributed by atoms with E-state index in [9.17, 15) is 14.4 Å². The Morgan fingerprint density at radius 3 is 2.66 bits per heavy atom. The van der Waals surface area contributed by atoms with Crippen LogP contribution in [0.4, 0.5) is 10.1 Å². The van der Waals surface area contributed by atoms with Gasteiger partial charge in [0.2, 0.25) is 6.79 Å². The molecule has 148 valence electrons. The van der Waals surface area contributed by atoms with Crippen molar-refractivity contribution in [1.29, 1.82) is 5.26 Å². The normalized spacial score (nSPS) is 16.0. The molecule has 0 N–H and O–H groups in total. The lowest BCUT2D eigenvalue weighted by atomic mass is 10.1. The molecule has 2 heterocycles. The molecule has 2 aliphatic heterocycles. The Labute approximate surface area is 172 Å². The number of halogens is 2. The fourth-order valence-corrected chi connectivity index (χ4v) is 3.68. The first-order valence-electron chi connectivity index (χ1n) is 9.06. The summed E-state index contributed by atoms with van der Waals surface area (Å²) >= 11 is 6.17. The number of fused-ring (bicyclic) bond motifs is 1. The highest BCUT2D eigenvalue weighted by atomic mass is 35.5. The molecule has 2 aromatic rings. The van der Waals surface area contributed by atoms with E-state index < -0.39 is 0 Å². The van der Waals surface area contributed by atoms with Crippen LogP contribution in [-0.2, 0) is 4.79 Å². The minimum atomic E-state index is -0.366. The molecule has 2 aromatic carbocycles. The summed E-state index contributed by atoms with van der Waals surface area (Å²) < 4.78 is 24.6. The number of benzene rings is 2. The minimum Gasteiger partial charge on any atom is -0.454 e. The number of hydrogen-bond acceptors (Lipinski definition) is 5. The van der Waals surface area contributed by atoms with Gasteiger partial charge in [0.05, 0.1) is 10.7 Å². The molecular weight excluding hydrogens is 397 g/mol. The van der Waals surface area contributed by atoms with Crippen LogP contribution in [0.25, 0.3) is 6.08 Å². The van der Waals surface area contributed by atoms with Crippen molar-refractivity contribution in [3.05, 3.63) is 58.4 Å². The second kappa shape index (κ2) is 8.02. The van der Waals surface area contributed by atoms with E-state index in [-0.39, 0.29) is 24.1 Å². The lowest BCUT2D eigenvalue weighted by Crippen LogP contribution is -2.49. The maximum atomic E-state index is 14.0. The minimum absolute atomic E-state index is 0.000673. The molecule has 6 nitrogen and oxygen atoms in total. The molecule has 0 atom stereocenters. The van der Waals surface area contributed by atoms with Gasteiger partial charge >= 0.3 is 0 Å². The smallest absolute Gasteiger partial charge is 0.264 e. The van der Waals surface area contributed by atoms with Gasteiger partial charge in [-0.25, -0.2) is 4.39 Å². The lowest BCUT2D eigenvalue weighted by molar-refractivity contribution is -0.126. The lowest BCUT2D eigenvalue weighted by Gasteiger charge is -2.36. The molecule has 8 heteroatoms. The summed E-state index contributed by atoms with van der Waals surface area (Å²) in [7, 11) is 0. The van der Waals surface area contributed by atoms with Gasteiger partial charge in [0, 0.05) is 26.2 Å². The van der Waals surface area contributed by atoms with Crippen LogP contribution in [0, 0.1) is 17.1 Å². The Bertz CT molecular complexity index is 1030. The largest absolute Gasteiger partial charge is 0.454 e. The Balaban J connectivity index is 1.48. The van der Waals surface area contributed by atoms with Crippen LogP contribution in [-0.4, -0.2) is 43.8 Å². The molecule has 0 unspecified atom stereocenters. The van der Waals surface area contributed by atoms with Gasteiger partial charge in [-0.3, -0.25) is 4.79 Å². The molecule has 1 amide bonds. The third-order valence-corrected chi connectivity index (χ3v) is 5.15. The molecule has 0 spiro atoms. The molecule has 29 heavy (non-hydrogen) atoms. The van der Waals surface area contributed by atoms with Crippen LogP contribution in [0.5, 0.6) is 11.5 Å². The van der Waals surface area contributed by atoms with Crippen LogP contribution < -0.4 is 14.4 Å². The van der Waals surface area contributed by atoms with Crippen molar-refractivity contribution in [1.82, 2.24) is 4.90 Å². The standard InChI is InChI=1S/C21H17ClFN3O3/c22-16-10-14(11-19-20(16)29-13-28-19)9-15(12-24)21(27)26-7-5-25(6-8-26)18-4-2-1-3-17(18)23/h1-4,9-11H,5-8,13H2/b15-9+. The van der Waals surface area contributed by atoms with Crippen molar-refractivity contribution in [2.24, 2.45) is 0 Å². The van der Waals surface area contributed by atoms with Gasteiger partial charge in [0.25, 0.3) is 5.91 Å². The van der Waals surface area contributed by atoms with E-state index in [1.807, 2.05) is 11.0 Å². The van der Waals surface area contributed by atoms with Gasteiger partial charge in [0.1, 0.15) is 17.5 Å². The van der Waals surface area contributed by atoms with Gasteiger partial charge in [-0.1, -0.05) is 23.7 Å². The number of carbonyl (C=O) groups is 1. The topological polar surface area (TPSA) is 65.8 Å². The number of amides is 1. The molecule has 0 saturated carbocycles. The average molecular weight is 414 g/mol. The number of nitrogens with zero attached hydrogens (tertiary/aromatic N) is 3. The van der Waals surface area contributed by atoms with Crippen LogP contribution in [0.15, 0.2) is 42.0 Å². The van der Waals surface area contributed by atoms with Gasteiger partial charge in [-0.15, -0.1) is 0 Å². The summed E-state index contributed by atoms with van der Waals surface area (Å²) in [5.41, 5.74) is 1.10. The van der Waals surface area contributed by atoms with E-state index in [0.29, 0.717) is 54.0 Å².